The van der Waals surface area contributed by atoms with Crippen LogP contribution in [0.5, 0.6) is 0 Å². The Morgan fingerprint density at radius 3 is 2.49 bits per heavy atom. The Hall–Kier alpha value is -4.19. The van der Waals surface area contributed by atoms with Gasteiger partial charge >= 0.3 is 6.18 Å². The maximum absolute atomic E-state index is 13.0. The van der Waals surface area contributed by atoms with E-state index in [1.165, 1.54) is 19.1 Å². The zero-order valence-electron chi connectivity index (χ0n) is 19.9. The van der Waals surface area contributed by atoms with E-state index in [0.29, 0.717) is 37.6 Å². The van der Waals surface area contributed by atoms with Gasteiger partial charge in [-0.05, 0) is 55.0 Å². The summed E-state index contributed by atoms with van der Waals surface area (Å²) in [5.74, 6) is -1.73. The highest BCUT2D eigenvalue weighted by Crippen LogP contribution is 2.32. The third-order valence-electron chi connectivity index (χ3n) is 5.47. The van der Waals surface area contributed by atoms with Crippen molar-refractivity contribution in [1.82, 2.24) is 10.2 Å². The monoisotopic (exact) mass is 517 g/mol. The lowest BCUT2D eigenvalue weighted by Gasteiger charge is -2.27. The van der Waals surface area contributed by atoms with Crippen LogP contribution < -0.4 is 16.4 Å². The van der Waals surface area contributed by atoms with Crippen molar-refractivity contribution in [3.05, 3.63) is 71.3 Å². The van der Waals surface area contributed by atoms with Gasteiger partial charge in [0.2, 0.25) is 5.91 Å². The Labute approximate surface area is 211 Å². The van der Waals surface area contributed by atoms with Crippen LogP contribution in [0.15, 0.2) is 54.6 Å². The lowest BCUT2D eigenvalue weighted by atomic mass is 10.0. The Kier molecular flexibility index (Phi) is 8.66. The molecule has 1 heterocycles. The predicted molar refractivity (Wildman–Crippen MR) is 131 cm³/mol. The number of halogens is 3. The summed E-state index contributed by atoms with van der Waals surface area (Å²) in [6.07, 6.45) is -2.68. The van der Waals surface area contributed by atoms with Gasteiger partial charge in [-0.3, -0.25) is 19.8 Å². The fraction of sp³-hybridized carbons (Fsp3) is 0.280. The molecule has 9 nitrogen and oxygen atoms in total. The molecule has 1 fully saturated rings. The van der Waals surface area contributed by atoms with Crippen molar-refractivity contribution in [3.63, 3.8) is 0 Å². The highest BCUT2D eigenvalue weighted by Gasteiger charge is 2.31. The number of anilines is 2. The van der Waals surface area contributed by atoms with Crippen LogP contribution in [0.4, 0.5) is 24.5 Å². The zero-order valence-corrected chi connectivity index (χ0v) is 19.9. The molecule has 196 valence electrons. The van der Waals surface area contributed by atoms with Crippen LogP contribution in [-0.4, -0.2) is 54.6 Å². The minimum absolute atomic E-state index is 0.113. The summed E-state index contributed by atoms with van der Waals surface area (Å²) in [4.78, 5) is 38.9. The van der Waals surface area contributed by atoms with Crippen LogP contribution in [0.3, 0.4) is 0 Å². The van der Waals surface area contributed by atoms with E-state index in [2.05, 4.69) is 10.6 Å². The summed E-state index contributed by atoms with van der Waals surface area (Å²) < 4.78 is 44.3. The predicted octanol–water partition coefficient (Wildman–Crippen LogP) is 3.15. The molecule has 1 aliphatic rings. The normalized spacial score (nSPS) is 14.8. The second kappa shape index (κ2) is 11.7. The number of carbonyl (C=O) groups is 3. The van der Waals surface area contributed by atoms with E-state index in [1.54, 1.807) is 23.1 Å². The molecule has 2 aromatic rings. The fourth-order valence-corrected chi connectivity index (χ4v) is 3.55. The average Bonchev–Trinajstić information content (AvgIpc) is 2.86. The number of nitrogens with zero attached hydrogens (tertiary/aromatic N) is 1. The molecule has 0 spiro atoms. The molecule has 0 aliphatic carbocycles. The molecule has 0 unspecified atom stereocenters. The molecule has 0 radical (unpaired) electrons. The maximum Gasteiger partial charge on any atom is 0.416 e. The van der Waals surface area contributed by atoms with Crippen molar-refractivity contribution in [2.45, 2.75) is 19.1 Å². The number of hydrogen-bond donors (Lipinski definition) is 4. The Balaban J connectivity index is 1.57. The molecular formula is C25H26F3N5O4. The number of ether oxygens (including phenoxy) is 1. The number of nitrogen functional groups attached to an aromatic ring is 1. The topological polar surface area (TPSA) is 138 Å². The molecule has 37 heavy (non-hydrogen) atoms. The third-order valence-corrected chi connectivity index (χ3v) is 5.47. The standard InChI is InChI=1S/C25H26F3N5O4/c1-15(17-11-18(25(26,27)28)14-19(29)12-17)31-23(35)21(30)5-6-22(34)32-20-4-2-3-16(13-20)24(36)33-7-9-37-10-8-33/h2-6,11-15,30H,7-10,29H2,1H3,(H,31,35)(H,32,34)/b6-5-,30-21?/t15-/m1/s1. The van der Waals surface area contributed by atoms with Crippen molar-refractivity contribution in [1.29, 1.82) is 5.41 Å². The van der Waals surface area contributed by atoms with Gasteiger partial charge in [-0.1, -0.05) is 6.07 Å². The number of morpholine rings is 1. The Morgan fingerprint density at radius 1 is 1.11 bits per heavy atom. The van der Waals surface area contributed by atoms with Gasteiger partial charge in [-0.15, -0.1) is 0 Å². The summed E-state index contributed by atoms with van der Waals surface area (Å²) in [6.45, 7) is 3.31. The number of amides is 3. The number of hydrogen-bond acceptors (Lipinski definition) is 6. The minimum atomic E-state index is -4.61. The van der Waals surface area contributed by atoms with E-state index in [4.69, 9.17) is 15.9 Å². The first-order chi connectivity index (χ1) is 17.4. The van der Waals surface area contributed by atoms with Gasteiger partial charge < -0.3 is 26.0 Å². The third kappa shape index (κ3) is 7.64. The summed E-state index contributed by atoms with van der Waals surface area (Å²) in [5.41, 5.74) is 4.75. The van der Waals surface area contributed by atoms with Gasteiger partial charge in [-0.25, -0.2) is 0 Å². The van der Waals surface area contributed by atoms with E-state index >= 15 is 0 Å². The van der Waals surface area contributed by atoms with Crippen LogP contribution in [0, 0.1) is 5.41 Å². The largest absolute Gasteiger partial charge is 0.416 e. The quantitative estimate of drug-likeness (QED) is 0.254. The number of carbonyl (C=O) groups excluding carboxylic acids is 3. The molecule has 0 aromatic heterocycles. The Morgan fingerprint density at radius 2 is 1.81 bits per heavy atom. The van der Waals surface area contributed by atoms with E-state index in [9.17, 15) is 27.6 Å². The molecular weight excluding hydrogens is 491 g/mol. The number of alkyl halides is 3. The molecule has 3 amide bonds. The van der Waals surface area contributed by atoms with E-state index < -0.39 is 35.3 Å². The van der Waals surface area contributed by atoms with Crippen molar-refractivity contribution < 1.29 is 32.3 Å². The summed E-state index contributed by atoms with van der Waals surface area (Å²) in [6, 6.07) is 8.41. The van der Waals surface area contributed by atoms with E-state index in [0.717, 1.165) is 24.3 Å². The van der Waals surface area contributed by atoms with Crippen LogP contribution in [0.25, 0.3) is 0 Å². The van der Waals surface area contributed by atoms with Gasteiger partial charge in [0.05, 0.1) is 24.8 Å². The van der Waals surface area contributed by atoms with Crippen LogP contribution in [0.1, 0.15) is 34.5 Å². The molecule has 0 bridgehead atoms. The molecule has 5 N–H and O–H groups in total. The first-order valence-corrected chi connectivity index (χ1v) is 11.3. The van der Waals surface area contributed by atoms with Crippen LogP contribution in [-0.2, 0) is 20.5 Å². The van der Waals surface area contributed by atoms with Crippen molar-refractivity contribution >= 4 is 34.8 Å². The summed E-state index contributed by atoms with van der Waals surface area (Å²) in [7, 11) is 0. The maximum atomic E-state index is 13.0. The molecule has 1 aliphatic heterocycles. The van der Waals surface area contributed by atoms with Gasteiger partial charge in [-0.2, -0.15) is 13.2 Å². The number of benzene rings is 2. The van der Waals surface area contributed by atoms with Gasteiger partial charge in [0, 0.05) is 36.1 Å². The first-order valence-electron chi connectivity index (χ1n) is 11.3. The first kappa shape index (κ1) is 27.4. The molecule has 2 aromatic carbocycles. The minimum Gasteiger partial charge on any atom is -0.399 e. The SMILES string of the molecule is C[C@@H](NC(=O)C(=N)/C=C\C(=O)Nc1cccc(C(=O)N2CCOCC2)c1)c1cc(N)cc(C(F)(F)F)c1. The van der Waals surface area contributed by atoms with E-state index in [1.807, 2.05) is 0 Å². The molecule has 12 heteroatoms. The number of rotatable bonds is 7. The average molecular weight is 518 g/mol. The van der Waals surface area contributed by atoms with Crippen molar-refractivity contribution in [2.75, 3.05) is 37.4 Å². The second-order valence-electron chi connectivity index (χ2n) is 8.30. The molecule has 0 saturated carbocycles. The molecule has 3 rings (SSSR count). The van der Waals surface area contributed by atoms with Gasteiger partial charge in [0.25, 0.3) is 11.8 Å². The highest BCUT2D eigenvalue weighted by molar-refractivity contribution is 6.42. The highest BCUT2D eigenvalue weighted by atomic mass is 19.4. The summed E-state index contributed by atoms with van der Waals surface area (Å²) >= 11 is 0. The van der Waals surface area contributed by atoms with Crippen molar-refractivity contribution in [2.24, 2.45) is 0 Å². The van der Waals surface area contributed by atoms with Crippen molar-refractivity contribution in [3.8, 4) is 0 Å². The van der Waals surface area contributed by atoms with Gasteiger partial charge in [0.15, 0.2) is 0 Å². The lowest BCUT2D eigenvalue weighted by molar-refractivity contribution is -0.137. The van der Waals surface area contributed by atoms with E-state index in [-0.39, 0.29) is 17.2 Å². The Bertz CT molecular complexity index is 1220. The van der Waals surface area contributed by atoms with Gasteiger partial charge in [0.1, 0.15) is 5.71 Å². The fourth-order valence-electron chi connectivity index (χ4n) is 3.55. The zero-order chi connectivity index (χ0) is 27.2. The van der Waals surface area contributed by atoms with Crippen LogP contribution in [0.2, 0.25) is 0 Å². The molecule has 1 atom stereocenters. The number of nitrogens with one attached hydrogen (secondary N) is 3. The smallest absolute Gasteiger partial charge is 0.399 e. The number of nitrogens with two attached hydrogens (primary N) is 1. The summed E-state index contributed by atoms with van der Waals surface area (Å²) in [5, 5.41) is 12.8. The lowest BCUT2D eigenvalue weighted by Crippen LogP contribution is -2.40. The second-order valence-corrected chi connectivity index (χ2v) is 8.30. The van der Waals surface area contributed by atoms with Crippen LogP contribution >= 0.6 is 0 Å². The molecule has 1 saturated heterocycles.